The molecule has 0 unspecified atom stereocenters. The number of ether oxygens (including phenoxy) is 1. The standard InChI is InChI=1S/C19H10Cl2F3N5O2/c20-13-6-10(7-14(15(13)21)31-19(22,23)24)9-26-29-18-27-16(11-4-2-1-3-5-11)12(8-25)17(30)28-18/h1-7,9H,(H2,27,28,29,30). The summed E-state index contributed by atoms with van der Waals surface area (Å²) in [5.74, 6) is -0.787. The van der Waals surface area contributed by atoms with Gasteiger partial charge in [0.05, 0.1) is 16.9 Å². The second-order valence-corrected chi connectivity index (χ2v) is 6.63. The SMILES string of the molecule is N#Cc1c(-c2ccccc2)nc(NN=Cc2cc(Cl)c(Cl)c(OC(F)(F)F)c2)[nH]c1=O. The van der Waals surface area contributed by atoms with Crippen LogP contribution in [0.2, 0.25) is 10.0 Å². The molecule has 1 aromatic heterocycles. The van der Waals surface area contributed by atoms with Crippen LogP contribution in [0.15, 0.2) is 52.4 Å². The maximum Gasteiger partial charge on any atom is 0.573 e. The molecule has 0 saturated carbocycles. The van der Waals surface area contributed by atoms with E-state index in [0.29, 0.717) is 5.56 Å². The summed E-state index contributed by atoms with van der Waals surface area (Å²) in [6, 6.07) is 12.6. The van der Waals surface area contributed by atoms with Gasteiger partial charge >= 0.3 is 6.36 Å². The number of nitriles is 1. The fraction of sp³-hybridized carbons (Fsp3) is 0.0526. The van der Waals surface area contributed by atoms with E-state index in [1.165, 1.54) is 6.07 Å². The molecule has 7 nitrogen and oxygen atoms in total. The second-order valence-electron chi connectivity index (χ2n) is 5.85. The van der Waals surface area contributed by atoms with Crippen LogP contribution in [0.5, 0.6) is 5.75 Å². The summed E-state index contributed by atoms with van der Waals surface area (Å²) in [5, 5.41) is 12.5. The Kier molecular flexibility index (Phi) is 6.48. The van der Waals surface area contributed by atoms with Gasteiger partial charge in [-0.3, -0.25) is 9.78 Å². The average molecular weight is 468 g/mol. The Balaban J connectivity index is 1.89. The Labute approximate surface area is 182 Å². The fourth-order valence-electron chi connectivity index (χ4n) is 2.46. The molecule has 0 aliphatic carbocycles. The van der Waals surface area contributed by atoms with Crippen molar-refractivity contribution in [3.63, 3.8) is 0 Å². The number of halogens is 5. The Bertz CT molecular complexity index is 1240. The number of aromatic amines is 1. The molecule has 12 heteroatoms. The van der Waals surface area contributed by atoms with Crippen molar-refractivity contribution in [3.8, 4) is 23.1 Å². The van der Waals surface area contributed by atoms with Crippen LogP contribution in [0.3, 0.4) is 0 Å². The van der Waals surface area contributed by atoms with Crippen LogP contribution in [0.4, 0.5) is 19.1 Å². The highest BCUT2D eigenvalue weighted by molar-refractivity contribution is 6.43. The van der Waals surface area contributed by atoms with E-state index in [-0.39, 0.29) is 27.8 Å². The van der Waals surface area contributed by atoms with Crippen molar-refractivity contribution in [2.75, 3.05) is 5.43 Å². The summed E-state index contributed by atoms with van der Waals surface area (Å²) >= 11 is 11.6. The Morgan fingerprint density at radius 2 is 1.94 bits per heavy atom. The molecule has 2 N–H and O–H groups in total. The van der Waals surface area contributed by atoms with Crippen LogP contribution < -0.4 is 15.7 Å². The van der Waals surface area contributed by atoms with Crippen molar-refractivity contribution in [2.24, 2.45) is 5.10 Å². The summed E-state index contributed by atoms with van der Waals surface area (Å²) < 4.78 is 41.3. The maximum atomic E-state index is 12.5. The first-order valence-corrected chi connectivity index (χ1v) is 9.07. The lowest BCUT2D eigenvalue weighted by Crippen LogP contribution is -2.17. The number of hydrogen-bond acceptors (Lipinski definition) is 6. The third-order valence-electron chi connectivity index (χ3n) is 3.71. The number of nitrogens with zero attached hydrogens (tertiary/aromatic N) is 3. The van der Waals surface area contributed by atoms with Gasteiger partial charge in [-0.1, -0.05) is 53.5 Å². The Morgan fingerprint density at radius 1 is 1.23 bits per heavy atom. The number of rotatable bonds is 5. The molecule has 2 aromatic carbocycles. The first-order chi connectivity index (χ1) is 14.7. The number of aromatic nitrogens is 2. The molecule has 3 aromatic rings. The predicted octanol–water partition coefficient (Wildman–Crippen LogP) is 4.96. The third kappa shape index (κ3) is 5.53. The number of hydrogen-bond donors (Lipinski definition) is 2. The van der Waals surface area contributed by atoms with E-state index >= 15 is 0 Å². The van der Waals surface area contributed by atoms with Crippen LogP contribution >= 0.6 is 23.2 Å². The van der Waals surface area contributed by atoms with E-state index < -0.39 is 22.7 Å². The molecule has 1 heterocycles. The van der Waals surface area contributed by atoms with Crippen molar-refractivity contribution in [1.29, 1.82) is 5.26 Å². The van der Waals surface area contributed by atoms with Crippen molar-refractivity contribution >= 4 is 35.4 Å². The molecule has 0 aliphatic heterocycles. The fourth-order valence-corrected chi connectivity index (χ4v) is 2.83. The molecular weight excluding hydrogens is 458 g/mol. The van der Waals surface area contributed by atoms with Crippen LogP contribution in [-0.4, -0.2) is 22.5 Å². The minimum absolute atomic E-state index is 0.0917. The minimum Gasteiger partial charge on any atom is -0.404 e. The number of anilines is 1. The predicted molar refractivity (Wildman–Crippen MR) is 109 cm³/mol. The van der Waals surface area contributed by atoms with Gasteiger partial charge in [0.15, 0.2) is 0 Å². The summed E-state index contributed by atoms with van der Waals surface area (Å²) in [7, 11) is 0. The molecule has 0 radical (unpaired) electrons. The number of hydrazone groups is 1. The minimum atomic E-state index is -4.96. The number of nitrogens with one attached hydrogen (secondary N) is 2. The molecule has 0 amide bonds. The Hall–Kier alpha value is -3.55. The zero-order valence-corrected chi connectivity index (χ0v) is 16.7. The second kappa shape index (κ2) is 9.07. The quantitative estimate of drug-likeness (QED) is 0.407. The van der Waals surface area contributed by atoms with Crippen molar-refractivity contribution in [2.45, 2.75) is 6.36 Å². The molecule has 31 heavy (non-hydrogen) atoms. The number of alkyl halides is 3. The van der Waals surface area contributed by atoms with Gasteiger partial charge in [-0.2, -0.15) is 10.4 Å². The van der Waals surface area contributed by atoms with Gasteiger partial charge in [-0.15, -0.1) is 13.2 Å². The molecule has 0 bridgehead atoms. The average Bonchev–Trinajstić information content (AvgIpc) is 2.71. The molecule has 3 rings (SSSR count). The van der Waals surface area contributed by atoms with Crippen molar-refractivity contribution in [1.82, 2.24) is 9.97 Å². The first kappa shape index (κ1) is 22.1. The molecular formula is C19H10Cl2F3N5O2. The van der Waals surface area contributed by atoms with Gasteiger partial charge in [0, 0.05) is 5.56 Å². The largest absolute Gasteiger partial charge is 0.573 e. The van der Waals surface area contributed by atoms with E-state index in [2.05, 4.69) is 25.2 Å². The monoisotopic (exact) mass is 467 g/mol. The van der Waals surface area contributed by atoms with Crippen molar-refractivity contribution < 1.29 is 17.9 Å². The van der Waals surface area contributed by atoms with Gasteiger partial charge < -0.3 is 4.74 Å². The smallest absolute Gasteiger partial charge is 0.404 e. The van der Waals surface area contributed by atoms with Crippen LogP contribution in [0.1, 0.15) is 11.1 Å². The summed E-state index contributed by atoms with van der Waals surface area (Å²) in [6.45, 7) is 0. The van der Waals surface area contributed by atoms with Crippen LogP contribution in [0, 0.1) is 11.3 Å². The van der Waals surface area contributed by atoms with E-state index in [4.69, 9.17) is 23.2 Å². The molecule has 0 fully saturated rings. The highest BCUT2D eigenvalue weighted by Crippen LogP contribution is 2.36. The highest BCUT2D eigenvalue weighted by atomic mass is 35.5. The molecule has 158 valence electrons. The lowest BCUT2D eigenvalue weighted by Gasteiger charge is -2.11. The van der Waals surface area contributed by atoms with Crippen LogP contribution in [0.25, 0.3) is 11.3 Å². The van der Waals surface area contributed by atoms with E-state index in [1.807, 2.05) is 0 Å². The zero-order chi connectivity index (χ0) is 22.6. The van der Waals surface area contributed by atoms with Gasteiger partial charge in [-0.05, 0) is 17.7 Å². The maximum absolute atomic E-state index is 12.5. The zero-order valence-electron chi connectivity index (χ0n) is 15.2. The van der Waals surface area contributed by atoms with E-state index in [1.54, 1.807) is 36.4 Å². The van der Waals surface area contributed by atoms with Gasteiger partial charge in [0.25, 0.3) is 5.56 Å². The highest BCUT2D eigenvalue weighted by Gasteiger charge is 2.32. The molecule has 0 aliphatic rings. The lowest BCUT2D eigenvalue weighted by atomic mass is 10.1. The summed E-state index contributed by atoms with van der Waals surface area (Å²) in [5.41, 5.74) is 2.38. The van der Waals surface area contributed by atoms with Gasteiger partial charge in [0.1, 0.15) is 22.4 Å². The summed E-state index contributed by atoms with van der Waals surface area (Å²) in [6.07, 6.45) is -3.84. The third-order valence-corrected chi connectivity index (χ3v) is 4.49. The van der Waals surface area contributed by atoms with Gasteiger partial charge in [-0.25, -0.2) is 10.4 Å². The normalized spacial score (nSPS) is 11.4. The summed E-state index contributed by atoms with van der Waals surface area (Å²) in [4.78, 5) is 18.7. The number of H-pyrrole nitrogens is 1. The topological polar surface area (TPSA) is 103 Å². The molecule has 0 atom stereocenters. The van der Waals surface area contributed by atoms with Gasteiger partial charge in [0.2, 0.25) is 5.95 Å². The van der Waals surface area contributed by atoms with E-state index in [0.717, 1.165) is 12.3 Å². The lowest BCUT2D eigenvalue weighted by molar-refractivity contribution is -0.274. The van der Waals surface area contributed by atoms with Crippen LogP contribution in [-0.2, 0) is 0 Å². The first-order valence-electron chi connectivity index (χ1n) is 8.31. The Morgan fingerprint density at radius 3 is 2.58 bits per heavy atom. The van der Waals surface area contributed by atoms with E-state index in [9.17, 15) is 23.2 Å². The number of benzene rings is 2. The van der Waals surface area contributed by atoms with Crippen molar-refractivity contribution in [3.05, 3.63) is 74.0 Å². The molecule has 0 saturated heterocycles. The molecule has 0 spiro atoms.